The van der Waals surface area contributed by atoms with Crippen molar-refractivity contribution in [1.82, 2.24) is 12.3 Å². The Bertz CT molecular complexity index is 17.7. The van der Waals surface area contributed by atoms with Crippen LogP contribution in [0, 0.1) is 0 Å². The largest absolute Gasteiger partial charge is 1.00 e. The zero-order valence-corrected chi connectivity index (χ0v) is 6.12. The van der Waals surface area contributed by atoms with Crippen LogP contribution in [0.25, 0.3) is 0 Å². The molecule has 8 N–H and O–H groups in total. The standard InChI is InChI=1S/C3H7O.ClH.2H3N/c1-3(2)4;;;/h3H,1-2H3;1H;2*1H3/q-1;;;/p+1. The molecule has 0 aromatic rings. The van der Waals surface area contributed by atoms with Crippen LogP contribution < -0.4 is 29.8 Å². The molecule has 0 rings (SSSR count). The highest BCUT2D eigenvalue weighted by Crippen LogP contribution is 1.57. The highest BCUT2D eigenvalue weighted by molar-refractivity contribution is 4.17. The van der Waals surface area contributed by atoms with E-state index in [0.29, 0.717) is 0 Å². The van der Waals surface area contributed by atoms with Crippen LogP contribution in [-0.4, -0.2) is 6.10 Å². The summed E-state index contributed by atoms with van der Waals surface area (Å²) >= 11 is 0. The van der Waals surface area contributed by atoms with Gasteiger partial charge in [0.25, 0.3) is 0 Å². The van der Waals surface area contributed by atoms with Crippen LogP contribution >= 0.6 is 0 Å². The van der Waals surface area contributed by atoms with E-state index in [1.165, 1.54) is 0 Å². The van der Waals surface area contributed by atoms with Crippen molar-refractivity contribution < 1.29 is 17.5 Å². The monoisotopic (exact) mass is 130 g/mol. The molecule has 0 radical (unpaired) electrons. The maximum atomic E-state index is 9.53. The number of quaternary nitrogens is 2. The second-order valence-corrected chi connectivity index (χ2v) is 1.05. The van der Waals surface area contributed by atoms with E-state index in [4.69, 9.17) is 0 Å². The molecule has 0 atom stereocenters. The van der Waals surface area contributed by atoms with Gasteiger partial charge in [-0.2, -0.15) is 0 Å². The van der Waals surface area contributed by atoms with Gasteiger partial charge in [-0.25, -0.2) is 0 Å². The van der Waals surface area contributed by atoms with Crippen molar-refractivity contribution in [3.63, 3.8) is 0 Å². The molecular weight excluding hydrogens is 115 g/mol. The second-order valence-electron chi connectivity index (χ2n) is 1.05. The summed E-state index contributed by atoms with van der Waals surface area (Å²) in [6.45, 7) is 3.22. The summed E-state index contributed by atoms with van der Waals surface area (Å²) in [5, 5.41) is 9.53. The van der Waals surface area contributed by atoms with Crippen molar-refractivity contribution in [2.75, 3.05) is 0 Å². The van der Waals surface area contributed by atoms with Crippen LogP contribution in [0.15, 0.2) is 0 Å². The van der Waals surface area contributed by atoms with Crippen molar-refractivity contribution >= 4 is 0 Å². The van der Waals surface area contributed by atoms with Crippen molar-refractivity contribution in [2.24, 2.45) is 0 Å². The lowest BCUT2D eigenvalue weighted by atomic mass is 10.5. The van der Waals surface area contributed by atoms with Gasteiger partial charge in [0.2, 0.25) is 0 Å². The molecule has 0 aliphatic carbocycles. The van der Waals surface area contributed by atoms with Gasteiger partial charge in [0.1, 0.15) is 0 Å². The van der Waals surface area contributed by atoms with Crippen LogP contribution in [0.4, 0.5) is 0 Å². The van der Waals surface area contributed by atoms with Gasteiger partial charge >= 0.3 is 0 Å². The minimum atomic E-state index is -0.417. The SMILES string of the molecule is CC(C)[O-].[Cl-].[NH4+].[NH4+]. The van der Waals surface area contributed by atoms with Gasteiger partial charge in [-0.3, -0.25) is 0 Å². The summed E-state index contributed by atoms with van der Waals surface area (Å²) in [5.41, 5.74) is 0. The summed E-state index contributed by atoms with van der Waals surface area (Å²) in [6.07, 6.45) is -0.417. The Hall–Kier alpha value is 0.170. The summed E-state index contributed by atoms with van der Waals surface area (Å²) in [4.78, 5) is 0. The first kappa shape index (κ1) is 27.2. The minimum absolute atomic E-state index is 0. The van der Waals surface area contributed by atoms with Gasteiger partial charge in [-0.1, -0.05) is 13.8 Å². The summed E-state index contributed by atoms with van der Waals surface area (Å²) in [6, 6.07) is 0. The lowest BCUT2D eigenvalue weighted by Gasteiger charge is -2.02. The lowest BCUT2D eigenvalue weighted by molar-refractivity contribution is -0.407. The molecule has 0 aliphatic rings. The third kappa shape index (κ3) is 3710. The van der Waals surface area contributed by atoms with Gasteiger partial charge < -0.3 is 29.8 Å². The molecule has 0 bridgehead atoms. The Morgan fingerprint density at radius 1 is 1.14 bits per heavy atom. The first-order chi connectivity index (χ1) is 1.73. The van der Waals surface area contributed by atoms with Gasteiger partial charge in [-0.05, 0) is 0 Å². The Labute approximate surface area is 50.7 Å². The van der Waals surface area contributed by atoms with E-state index in [2.05, 4.69) is 0 Å². The van der Waals surface area contributed by atoms with Crippen LogP contribution in [0.5, 0.6) is 0 Å². The van der Waals surface area contributed by atoms with Crippen LogP contribution in [0.1, 0.15) is 13.8 Å². The fourth-order valence-corrected chi connectivity index (χ4v) is 0. The van der Waals surface area contributed by atoms with Crippen molar-refractivity contribution in [3.8, 4) is 0 Å². The average Bonchev–Trinajstić information content (AvgIpc) is 0.811. The maximum Gasteiger partial charge on any atom is -0.0783 e. The highest BCUT2D eigenvalue weighted by atomic mass is 35.5. The zero-order chi connectivity index (χ0) is 3.58. The normalized spacial score (nSPS) is 5.14. The van der Waals surface area contributed by atoms with E-state index in [1.54, 1.807) is 13.8 Å². The third-order valence-corrected chi connectivity index (χ3v) is 0. The smallest absolute Gasteiger partial charge is 0.0783 e. The first-order valence-electron chi connectivity index (χ1n) is 1.39. The zero-order valence-electron chi connectivity index (χ0n) is 5.36. The Morgan fingerprint density at radius 3 is 1.14 bits per heavy atom. The van der Waals surface area contributed by atoms with E-state index in [-0.39, 0.29) is 24.7 Å². The highest BCUT2D eigenvalue weighted by Gasteiger charge is 1.53. The van der Waals surface area contributed by atoms with Crippen molar-refractivity contribution in [3.05, 3.63) is 0 Å². The second kappa shape index (κ2) is 16.4. The molecule has 0 spiro atoms. The minimum Gasteiger partial charge on any atom is -1.00 e. The van der Waals surface area contributed by atoms with E-state index in [1.807, 2.05) is 0 Å². The van der Waals surface area contributed by atoms with Crippen LogP contribution in [-0.2, 0) is 0 Å². The Morgan fingerprint density at radius 2 is 1.14 bits per heavy atom. The fraction of sp³-hybridized carbons (Fsp3) is 1.00. The van der Waals surface area contributed by atoms with Crippen LogP contribution in [0.3, 0.4) is 0 Å². The fourth-order valence-electron chi connectivity index (χ4n) is 0. The molecule has 0 amide bonds. The molecular formula is C3H15ClN2O. The third-order valence-electron chi connectivity index (χ3n) is 0. The molecule has 7 heavy (non-hydrogen) atoms. The molecule has 0 saturated heterocycles. The van der Waals surface area contributed by atoms with Gasteiger partial charge in [-0.15, -0.1) is 6.10 Å². The summed E-state index contributed by atoms with van der Waals surface area (Å²) in [5.74, 6) is 0. The van der Waals surface area contributed by atoms with Gasteiger partial charge in [0, 0.05) is 0 Å². The van der Waals surface area contributed by atoms with E-state index in [9.17, 15) is 5.11 Å². The Balaban J connectivity index is -0.0000000150. The molecule has 0 saturated carbocycles. The van der Waals surface area contributed by atoms with Gasteiger partial charge in [0.15, 0.2) is 0 Å². The predicted octanol–water partition coefficient (Wildman–Crippen LogP) is -2.49. The summed E-state index contributed by atoms with van der Waals surface area (Å²) < 4.78 is 0. The molecule has 0 unspecified atom stereocenters. The molecule has 50 valence electrons. The lowest BCUT2D eigenvalue weighted by Crippen LogP contribution is -3.00. The van der Waals surface area contributed by atoms with E-state index >= 15 is 0 Å². The molecule has 0 heterocycles. The van der Waals surface area contributed by atoms with E-state index < -0.39 is 6.10 Å². The van der Waals surface area contributed by atoms with Crippen molar-refractivity contribution in [1.29, 1.82) is 0 Å². The molecule has 4 heteroatoms. The molecule has 3 nitrogen and oxygen atoms in total. The number of halogens is 1. The number of rotatable bonds is 0. The predicted molar refractivity (Wildman–Crippen MR) is 27.1 cm³/mol. The van der Waals surface area contributed by atoms with E-state index in [0.717, 1.165) is 0 Å². The molecule has 0 aliphatic heterocycles. The van der Waals surface area contributed by atoms with Crippen LogP contribution in [0.2, 0.25) is 0 Å². The Kier molecular flexibility index (Phi) is 63.7. The number of hydrogen-bond acceptors (Lipinski definition) is 1. The molecule has 0 aromatic carbocycles. The molecule has 0 fully saturated rings. The number of hydrogen-bond donors (Lipinski definition) is 2. The molecule has 0 aromatic heterocycles. The quantitative estimate of drug-likeness (QED) is 0.373. The topological polar surface area (TPSA) is 96.1 Å². The summed E-state index contributed by atoms with van der Waals surface area (Å²) in [7, 11) is 0. The average molecular weight is 131 g/mol. The van der Waals surface area contributed by atoms with Gasteiger partial charge in [0.05, 0.1) is 0 Å². The van der Waals surface area contributed by atoms with Crippen molar-refractivity contribution in [2.45, 2.75) is 20.0 Å². The maximum absolute atomic E-state index is 9.53. The first-order valence-corrected chi connectivity index (χ1v) is 1.39.